The van der Waals surface area contributed by atoms with E-state index in [0.29, 0.717) is 43.4 Å². The number of hydrogen-bond acceptors (Lipinski definition) is 4. The van der Waals surface area contributed by atoms with Crippen molar-refractivity contribution in [1.82, 2.24) is 0 Å². The van der Waals surface area contributed by atoms with Gasteiger partial charge in [0.05, 0.1) is 39.0 Å². The fourth-order valence-corrected chi connectivity index (χ4v) is 5.06. The minimum atomic E-state index is -1.08. The number of carbonyl (C=O) groups is 3. The van der Waals surface area contributed by atoms with Crippen molar-refractivity contribution >= 4 is 17.9 Å². The first-order valence-electron chi connectivity index (χ1n) is 14.9. The van der Waals surface area contributed by atoms with Gasteiger partial charge in [-0.3, -0.25) is 9.59 Å². The Morgan fingerprint density at radius 1 is 0.568 bits per heavy atom. The van der Waals surface area contributed by atoms with Gasteiger partial charge in [-0.05, 0) is 44.9 Å². The molecular formula is C30H55NO6. The number of nitrogens with zero attached hydrogens (tertiary/aromatic N) is 1. The third-order valence-electron chi connectivity index (χ3n) is 7.20. The first kappa shape index (κ1) is 35.1. The Hall–Kier alpha value is -1.89. The van der Waals surface area contributed by atoms with Gasteiger partial charge in [-0.2, -0.15) is 0 Å². The number of quaternary nitrogens is 1. The van der Waals surface area contributed by atoms with Crippen LogP contribution in [-0.2, 0) is 14.4 Å². The van der Waals surface area contributed by atoms with Gasteiger partial charge in [-0.15, -0.1) is 0 Å². The summed E-state index contributed by atoms with van der Waals surface area (Å²) >= 11 is 0. The van der Waals surface area contributed by atoms with E-state index in [-0.39, 0.29) is 19.3 Å². The molecule has 0 saturated carbocycles. The molecule has 0 aliphatic carbocycles. The minimum Gasteiger partial charge on any atom is -0.550 e. The van der Waals surface area contributed by atoms with Crippen LogP contribution in [-0.4, -0.2) is 58.8 Å². The van der Waals surface area contributed by atoms with Crippen molar-refractivity contribution in [1.29, 1.82) is 0 Å². The van der Waals surface area contributed by atoms with Crippen LogP contribution in [0.2, 0.25) is 0 Å². The van der Waals surface area contributed by atoms with Gasteiger partial charge in [0.15, 0.2) is 0 Å². The summed E-state index contributed by atoms with van der Waals surface area (Å²) in [6.45, 7) is 5.00. The predicted molar refractivity (Wildman–Crippen MR) is 147 cm³/mol. The fraction of sp³-hybridized carbons (Fsp3) is 0.833. The molecule has 0 aromatic heterocycles. The standard InChI is InChI=1S/C30H55NO6/c1-2-3-4-5-6-7-8-9-10-11-12-13-14-15-16-17-24-31(25-18-21-28(32)33,26-19-22-29(34)35)27-20-23-30(36)37/h9-10H,2-8,11-27H2,1H3,(H2-,32,33,34,35,36,37)/b10-9+. The Bertz CT molecular complexity index is 569. The SMILES string of the molecule is CCCCCCCC/C=C/CCCCCCCC[N+](CCCC(=O)[O-])(CCCC(=O)O)CCCC(=O)O. The van der Waals surface area contributed by atoms with Gasteiger partial charge < -0.3 is 24.6 Å². The van der Waals surface area contributed by atoms with E-state index in [2.05, 4.69) is 19.1 Å². The Morgan fingerprint density at radius 3 is 1.38 bits per heavy atom. The third-order valence-corrected chi connectivity index (χ3v) is 7.20. The Kier molecular flexibility index (Phi) is 23.2. The molecule has 0 fully saturated rings. The summed E-state index contributed by atoms with van der Waals surface area (Å²) in [5.41, 5.74) is 0. The highest BCUT2D eigenvalue weighted by Gasteiger charge is 2.26. The molecule has 0 aliphatic rings. The second kappa shape index (κ2) is 24.4. The smallest absolute Gasteiger partial charge is 0.303 e. The molecule has 0 rings (SSSR count). The van der Waals surface area contributed by atoms with Crippen LogP contribution in [0.5, 0.6) is 0 Å². The average Bonchev–Trinajstić information content (AvgIpc) is 2.83. The molecule has 0 heterocycles. The van der Waals surface area contributed by atoms with Crippen molar-refractivity contribution in [2.75, 3.05) is 26.2 Å². The number of carbonyl (C=O) groups excluding carboxylic acids is 1. The molecule has 0 amide bonds. The number of unbranched alkanes of at least 4 members (excludes halogenated alkanes) is 12. The molecular weight excluding hydrogens is 470 g/mol. The van der Waals surface area contributed by atoms with E-state index in [1.807, 2.05) is 0 Å². The van der Waals surface area contributed by atoms with Gasteiger partial charge >= 0.3 is 11.9 Å². The molecule has 0 radical (unpaired) electrons. The summed E-state index contributed by atoms with van der Waals surface area (Å²) in [5, 5.41) is 29.0. The lowest BCUT2D eigenvalue weighted by atomic mass is 10.1. The van der Waals surface area contributed by atoms with Crippen LogP contribution in [0, 0.1) is 0 Å². The number of rotatable bonds is 28. The van der Waals surface area contributed by atoms with Gasteiger partial charge in [0.2, 0.25) is 0 Å². The summed E-state index contributed by atoms with van der Waals surface area (Å²) in [5.74, 6) is -2.75. The molecule has 0 spiro atoms. The summed E-state index contributed by atoms with van der Waals surface area (Å²) in [4.78, 5) is 33.0. The van der Waals surface area contributed by atoms with Gasteiger partial charge in [0.25, 0.3) is 0 Å². The van der Waals surface area contributed by atoms with Gasteiger partial charge in [-0.25, -0.2) is 0 Å². The molecule has 7 nitrogen and oxygen atoms in total. The largest absolute Gasteiger partial charge is 0.550 e. The Morgan fingerprint density at radius 2 is 0.946 bits per heavy atom. The number of hydrogen-bond donors (Lipinski definition) is 2. The van der Waals surface area contributed by atoms with Crippen LogP contribution in [0.25, 0.3) is 0 Å². The first-order chi connectivity index (χ1) is 17.8. The van der Waals surface area contributed by atoms with Gasteiger partial charge in [-0.1, -0.05) is 70.4 Å². The van der Waals surface area contributed by atoms with E-state index in [4.69, 9.17) is 10.2 Å². The second-order valence-corrected chi connectivity index (χ2v) is 10.6. The maximum absolute atomic E-state index is 11.0. The molecule has 0 unspecified atom stereocenters. The average molecular weight is 526 g/mol. The normalized spacial score (nSPS) is 11.8. The van der Waals surface area contributed by atoms with Crippen LogP contribution in [0.1, 0.15) is 135 Å². The van der Waals surface area contributed by atoms with Gasteiger partial charge in [0, 0.05) is 25.2 Å². The number of allylic oxidation sites excluding steroid dienone is 2. The molecule has 0 aromatic rings. The van der Waals surface area contributed by atoms with E-state index < -0.39 is 17.9 Å². The lowest BCUT2D eigenvalue weighted by Gasteiger charge is -2.39. The zero-order valence-electron chi connectivity index (χ0n) is 23.6. The Balaban J connectivity index is 4.31. The van der Waals surface area contributed by atoms with E-state index in [9.17, 15) is 19.5 Å². The molecule has 0 atom stereocenters. The van der Waals surface area contributed by atoms with E-state index in [1.165, 1.54) is 64.2 Å². The van der Waals surface area contributed by atoms with Crippen molar-refractivity contribution in [3.8, 4) is 0 Å². The predicted octanol–water partition coefficient (Wildman–Crippen LogP) is 6.10. The highest BCUT2D eigenvalue weighted by Crippen LogP contribution is 2.18. The van der Waals surface area contributed by atoms with Crippen LogP contribution in [0.4, 0.5) is 0 Å². The second-order valence-electron chi connectivity index (χ2n) is 10.6. The Labute approximate surface area is 225 Å². The van der Waals surface area contributed by atoms with Crippen LogP contribution >= 0.6 is 0 Å². The molecule has 0 bridgehead atoms. The van der Waals surface area contributed by atoms with Crippen molar-refractivity contribution in [2.24, 2.45) is 0 Å². The quantitative estimate of drug-likeness (QED) is 0.0724. The zero-order chi connectivity index (χ0) is 27.6. The molecule has 0 saturated heterocycles. The third kappa shape index (κ3) is 24.2. The maximum atomic E-state index is 11.0. The van der Waals surface area contributed by atoms with E-state index >= 15 is 0 Å². The van der Waals surface area contributed by atoms with Crippen molar-refractivity contribution in [2.45, 2.75) is 135 Å². The zero-order valence-corrected chi connectivity index (χ0v) is 23.6. The molecule has 37 heavy (non-hydrogen) atoms. The molecule has 0 aliphatic heterocycles. The van der Waals surface area contributed by atoms with Gasteiger partial charge in [0.1, 0.15) is 0 Å². The highest BCUT2D eigenvalue weighted by atomic mass is 16.4. The van der Waals surface area contributed by atoms with Crippen LogP contribution in [0.15, 0.2) is 12.2 Å². The van der Waals surface area contributed by atoms with Crippen molar-refractivity contribution in [3.05, 3.63) is 12.2 Å². The number of carboxylic acid groups (broad SMARTS) is 3. The summed E-state index contributed by atoms with van der Waals surface area (Å²) in [6.07, 6.45) is 23.6. The van der Waals surface area contributed by atoms with E-state index in [1.54, 1.807) is 0 Å². The number of carboxylic acids is 3. The summed E-state index contributed by atoms with van der Waals surface area (Å²) in [6, 6.07) is 0. The minimum absolute atomic E-state index is 0.0226. The number of aliphatic carboxylic acids is 3. The van der Waals surface area contributed by atoms with E-state index in [0.717, 1.165) is 32.2 Å². The maximum Gasteiger partial charge on any atom is 0.303 e. The monoisotopic (exact) mass is 525 g/mol. The van der Waals surface area contributed by atoms with Crippen LogP contribution in [0.3, 0.4) is 0 Å². The lowest BCUT2D eigenvalue weighted by Crippen LogP contribution is -2.51. The van der Waals surface area contributed by atoms with Crippen molar-refractivity contribution in [3.63, 3.8) is 0 Å². The summed E-state index contributed by atoms with van der Waals surface area (Å²) < 4.78 is 0.608. The first-order valence-corrected chi connectivity index (χ1v) is 14.9. The summed E-state index contributed by atoms with van der Waals surface area (Å²) in [7, 11) is 0. The molecule has 7 heteroatoms. The lowest BCUT2D eigenvalue weighted by molar-refractivity contribution is -0.929. The topological polar surface area (TPSA) is 115 Å². The highest BCUT2D eigenvalue weighted by molar-refractivity contribution is 5.66. The van der Waals surface area contributed by atoms with Crippen molar-refractivity contribution < 1.29 is 34.2 Å². The molecule has 2 N–H and O–H groups in total. The van der Waals surface area contributed by atoms with Crippen LogP contribution < -0.4 is 5.11 Å². The molecule has 0 aromatic carbocycles. The fourth-order valence-electron chi connectivity index (χ4n) is 5.06. The molecule has 216 valence electrons.